The first-order valence-electron chi connectivity index (χ1n) is 5.05. The predicted molar refractivity (Wildman–Crippen MR) is 54.0 cm³/mol. The number of rotatable bonds is 8. The third kappa shape index (κ3) is 5.79. The first-order chi connectivity index (χ1) is 6.97. The summed E-state index contributed by atoms with van der Waals surface area (Å²) in [6.07, 6.45) is -1.05. The maximum atomic E-state index is 12.2. The molecule has 1 unspecified atom stereocenters. The van der Waals surface area contributed by atoms with E-state index in [0.717, 1.165) is 6.29 Å². The van der Waals surface area contributed by atoms with E-state index in [2.05, 4.69) is 0 Å². The molecule has 0 fully saturated rings. The monoisotopic (exact) mass is 223 g/mol. The molecule has 0 aliphatic heterocycles. The van der Waals surface area contributed by atoms with Gasteiger partial charge in [-0.3, -0.25) is 4.90 Å². The molecule has 0 saturated carbocycles. The summed E-state index contributed by atoms with van der Waals surface area (Å²) in [6, 6.07) is 0. The van der Waals surface area contributed by atoms with E-state index in [9.17, 15) is 13.6 Å². The number of alkyl halides is 2. The van der Waals surface area contributed by atoms with Crippen LogP contribution in [0.4, 0.5) is 8.78 Å². The third-order valence-electron chi connectivity index (χ3n) is 2.49. The number of hydrogen-bond acceptors (Lipinski definition) is 3. The Kier molecular flexibility index (Phi) is 6.60. The number of aliphatic hydroxyl groups excluding tert-OH is 1. The summed E-state index contributed by atoms with van der Waals surface area (Å²) >= 11 is 0. The number of carbonyl (C=O) groups is 1. The van der Waals surface area contributed by atoms with Crippen molar-refractivity contribution in [1.29, 1.82) is 0 Å². The van der Waals surface area contributed by atoms with Crippen LogP contribution in [0, 0.1) is 5.41 Å². The van der Waals surface area contributed by atoms with Crippen LogP contribution >= 0.6 is 0 Å². The fraction of sp³-hybridized carbons (Fsp3) is 0.900. The number of nitrogens with zero attached hydrogens (tertiary/aromatic N) is 1. The van der Waals surface area contributed by atoms with E-state index in [1.165, 1.54) is 4.90 Å². The van der Waals surface area contributed by atoms with E-state index >= 15 is 0 Å². The van der Waals surface area contributed by atoms with Gasteiger partial charge in [0.1, 0.15) is 6.29 Å². The first kappa shape index (κ1) is 14.5. The van der Waals surface area contributed by atoms with Crippen LogP contribution < -0.4 is 0 Å². The number of aliphatic hydroxyl groups is 1. The molecule has 0 aromatic heterocycles. The van der Waals surface area contributed by atoms with Crippen LogP contribution in [0.2, 0.25) is 0 Å². The van der Waals surface area contributed by atoms with Crippen LogP contribution in [0.1, 0.15) is 20.3 Å². The van der Waals surface area contributed by atoms with Gasteiger partial charge in [0, 0.05) is 18.5 Å². The normalized spacial score (nSPS) is 15.7. The van der Waals surface area contributed by atoms with E-state index in [1.54, 1.807) is 6.92 Å². The summed E-state index contributed by atoms with van der Waals surface area (Å²) in [5.74, 6) is 0. The number of aldehydes is 1. The van der Waals surface area contributed by atoms with Gasteiger partial charge in [0.05, 0.1) is 13.2 Å². The minimum absolute atomic E-state index is 0.174. The van der Waals surface area contributed by atoms with Crippen molar-refractivity contribution < 1.29 is 18.7 Å². The molecular weight excluding hydrogens is 204 g/mol. The maximum absolute atomic E-state index is 12.2. The van der Waals surface area contributed by atoms with Crippen LogP contribution in [0.5, 0.6) is 0 Å². The minimum Gasteiger partial charge on any atom is -0.395 e. The van der Waals surface area contributed by atoms with Gasteiger partial charge in [0.25, 0.3) is 6.43 Å². The lowest BCUT2D eigenvalue weighted by atomic mass is 9.89. The van der Waals surface area contributed by atoms with Crippen LogP contribution in [-0.2, 0) is 4.79 Å². The molecule has 15 heavy (non-hydrogen) atoms. The van der Waals surface area contributed by atoms with Crippen molar-refractivity contribution >= 4 is 6.29 Å². The molecule has 90 valence electrons. The summed E-state index contributed by atoms with van der Waals surface area (Å²) in [5.41, 5.74) is -0.607. The summed E-state index contributed by atoms with van der Waals surface area (Å²) in [6.45, 7) is 3.44. The van der Waals surface area contributed by atoms with Gasteiger partial charge in [-0.15, -0.1) is 0 Å². The topological polar surface area (TPSA) is 40.5 Å². The molecule has 3 nitrogen and oxygen atoms in total. The molecule has 1 N–H and O–H groups in total. The van der Waals surface area contributed by atoms with E-state index in [4.69, 9.17) is 5.11 Å². The molecule has 1 atom stereocenters. The second kappa shape index (κ2) is 6.85. The minimum atomic E-state index is -2.44. The Labute approximate surface area is 89.1 Å². The van der Waals surface area contributed by atoms with Gasteiger partial charge < -0.3 is 9.90 Å². The Hall–Kier alpha value is -0.550. The lowest BCUT2D eigenvalue weighted by Crippen LogP contribution is -2.40. The van der Waals surface area contributed by atoms with Gasteiger partial charge in [-0.05, 0) is 6.42 Å². The highest BCUT2D eigenvalue weighted by atomic mass is 19.3. The molecule has 0 spiro atoms. The van der Waals surface area contributed by atoms with Gasteiger partial charge in [-0.2, -0.15) is 0 Å². The van der Waals surface area contributed by atoms with Gasteiger partial charge in [0.2, 0.25) is 0 Å². The molecule has 0 radical (unpaired) electrons. The average molecular weight is 223 g/mol. The molecule has 0 aliphatic rings. The molecule has 0 rings (SSSR count). The van der Waals surface area contributed by atoms with Crippen molar-refractivity contribution in [2.45, 2.75) is 26.7 Å². The zero-order chi connectivity index (χ0) is 11.9. The van der Waals surface area contributed by atoms with E-state index in [1.807, 2.05) is 6.92 Å². The Bertz CT molecular complexity index is 190. The zero-order valence-electron chi connectivity index (χ0n) is 9.25. The maximum Gasteiger partial charge on any atom is 0.251 e. The highest BCUT2D eigenvalue weighted by Gasteiger charge is 2.25. The highest BCUT2D eigenvalue weighted by Crippen LogP contribution is 2.19. The first-order valence-corrected chi connectivity index (χ1v) is 5.05. The molecule has 0 aromatic rings. The molecule has 0 aliphatic carbocycles. The van der Waals surface area contributed by atoms with E-state index < -0.39 is 18.4 Å². The SMILES string of the molecule is CCC(C)(C=O)CN(CCO)CC(F)F. The van der Waals surface area contributed by atoms with Crippen molar-refractivity contribution in [3.63, 3.8) is 0 Å². The quantitative estimate of drug-likeness (QED) is 0.628. The second-order valence-electron chi connectivity index (χ2n) is 3.98. The lowest BCUT2D eigenvalue weighted by molar-refractivity contribution is -0.117. The Morgan fingerprint density at radius 3 is 2.47 bits per heavy atom. The standard InChI is InChI=1S/C10H19F2NO2/c1-3-10(2,8-15)7-13(4-5-14)6-9(11)12/h8-9,14H,3-7H2,1-2H3. The molecule has 0 bridgehead atoms. The van der Waals surface area contributed by atoms with Crippen molar-refractivity contribution in [1.82, 2.24) is 4.90 Å². The molecule has 0 heterocycles. The third-order valence-corrected chi connectivity index (χ3v) is 2.49. The van der Waals surface area contributed by atoms with Crippen molar-refractivity contribution in [3.8, 4) is 0 Å². The lowest BCUT2D eigenvalue weighted by Gasteiger charge is -2.30. The van der Waals surface area contributed by atoms with Crippen LogP contribution in [0.25, 0.3) is 0 Å². The largest absolute Gasteiger partial charge is 0.395 e. The fourth-order valence-corrected chi connectivity index (χ4v) is 1.31. The average Bonchev–Trinajstić information content (AvgIpc) is 2.17. The van der Waals surface area contributed by atoms with E-state index in [-0.39, 0.29) is 19.7 Å². The van der Waals surface area contributed by atoms with Gasteiger partial charge in [0.15, 0.2) is 0 Å². The Balaban J connectivity index is 4.30. The smallest absolute Gasteiger partial charge is 0.251 e. The molecule has 0 aromatic carbocycles. The molecule has 0 saturated heterocycles. The van der Waals surface area contributed by atoms with Crippen LogP contribution in [-0.4, -0.2) is 49.0 Å². The number of halogens is 2. The Morgan fingerprint density at radius 2 is 2.13 bits per heavy atom. The summed E-state index contributed by atoms with van der Waals surface area (Å²) in [7, 11) is 0. The molecule has 5 heteroatoms. The number of hydrogen-bond donors (Lipinski definition) is 1. The summed E-state index contributed by atoms with van der Waals surface area (Å²) in [5, 5.41) is 8.72. The van der Waals surface area contributed by atoms with Gasteiger partial charge in [-0.25, -0.2) is 8.78 Å². The number of carbonyl (C=O) groups excluding carboxylic acids is 1. The van der Waals surface area contributed by atoms with Crippen LogP contribution in [0.15, 0.2) is 0 Å². The van der Waals surface area contributed by atoms with Gasteiger partial charge >= 0.3 is 0 Å². The summed E-state index contributed by atoms with van der Waals surface area (Å²) < 4.78 is 24.4. The zero-order valence-corrected chi connectivity index (χ0v) is 9.25. The van der Waals surface area contributed by atoms with Crippen molar-refractivity contribution in [3.05, 3.63) is 0 Å². The molecule has 0 amide bonds. The van der Waals surface area contributed by atoms with Gasteiger partial charge in [-0.1, -0.05) is 13.8 Å². The van der Waals surface area contributed by atoms with Crippen molar-refractivity contribution in [2.75, 3.05) is 26.2 Å². The molecular formula is C10H19F2NO2. The van der Waals surface area contributed by atoms with E-state index in [0.29, 0.717) is 6.42 Å². The predicted octanol–water partition coefficient (Wildman–Crippen LogP) is 1.16. The van der Waals surface area contributed by atoms with Crippen LogP contribution in [0.3, 0.4) is 0 Å². The Morgan fingerprint density at radius 1 is 1.53 bits per heavy atom. The van der Waals surface area contributed by atoms with Crippen molar-refractivity contribution in [2.24, 2.45) is 5.41 Å². The highest BCUT2D eigenvalue weighted by molar-refractivity contribution is 5.58. The summed E-state index contributed by atoms with van der Waals surface area (Å²) in [4.78, 5) is 12.2. The second-order valence-corrected chi connectivity index (χ2v) is 3.98. The fourth-order valence-electron chi connectivity index (χ4n) is 1.31.